The molecule has 3 heteroatoms. The molecule has 36 heavy (non-hydrogen) atoms. The summed E-state index contributed by atoms with van der Waals surface area (Å²) in [5.41, 5.74) is 5.16. The largest absolute Gasteiger partial charge is 0.493 e. The number of carbonyl (C=O) groups is 1. The van der Waals surface area contributed by atoms with E-state index < -0.39 is 0 Å². The quantitative estimate of drug-likeness (QED) is 0.258. The lowest BCUT2D eigenvalue weighted by Gasteiger charge is -2.37. The number of methoxy groups -OCH3 is 2. The fourth-order valence-corrected chi connectivity index (χ4v) is 5.36. The topological polar surface area (TPSA) is 35.5 Å². The van der Waals surface area contributed by atoms with E-state index in [2.05, 4.69) is 54.6 Å². The summed E-state index contributed by atoms with van der Waals surface area (Å²) in [6.07, 6.45) is 5.25. The molecule has 3 atom stereocenters. The van der Waals surface area contributed by atoms with E-state index in [9.17, 15) is 4.79 Å². The van der Waals surface area contributed by atoms with Crippen LogP contribution in [0.5, 0.6) is 11.5 Å². The predicted molar refractivity (Wildman–Crippen MR) is 145 cm³/mol. The van der Waals surface area contributed by atoms with Gasteiger partial charge in [-0.1, -0.05) is 103 Å². The second-order valence-electron chi connectivity index (χ2n) is 9.17. The SMILES string of the molecule is COc1cc2c(cc1OC)[C@@H](C(=O)c1ccccc1)[C@H](c1ccccc1)C[C@H]2/C=C/c1ccccc1. The van der Waals surface area contributed by atoms with Gasteiger partial charge in [0.05, 0.1) is 20.1 Å². The van der Waals surface area contributed by atoms with Crippen molar-refractivity contribution in [2.45, 2.75) is 24.2 Å². The molecule has 0 saturated heterocycles. The molecule has 1 aliphatic carbocycles. The number of benzene rings is 4. The standard InChI is InChI=1S/C33H30O3/c1-35-30-21-27-26(19-18-23-12-6-3-7-13-23)20-28(24-14-8-4-9-15-24)32(29(27)22-31(30)36-2)33(34)25-16-10-5-11-17-25/h3-19,21-22,26,28,32H,20H2,1-2H3/b19-18+/t26-,28+,32+/m1/s1. The summed E-state index contributed by atoms with van der Waals surface area (Å²) < 4.78 is 11.4. The third-order valence-electron chi connectivity index (χ3n) is 7.12. The first kappa shape index (κ1) is 23.6. The van der Waals surface area contributed by atoms with Crippen LogP contribution in [0.25, 0.3) is 6.08 Å². The molecule has 0 spiro atoms. The number of ether oxygens (including phenoxy) is 2. The fraction of sp³-hybridized carbons (Fsp3) is 0.182. The van der Waals surface area contributed by atoms with Crippen molar-refractivity contribution in [3.8, 4) is 11.5 Å². The summed E-state index contributed by atoms with van der Waals surface area (Å²) in [5.74, 6) is 1.26. The number of hydrogen-bond acceptors (Lipinski definition) is 3. The van der Waals surface area contributed by atoms with Crippen LogP contribution in [0.2, 0.25) is 0 Å². The Bertz CT molecular complexity index is 1340. The van der Waals surface area contributed by atoms with Gasteiger partial charge in [-0.2, -0.15) is 0 Å². The van der Waals surface area contributed by atoms with Gasteiger partial charge in [-0.05, 0) is 46.7 Å². The normalized spacial score (nSPS) is 19.0. The summed E-state index contributed by atoms with van der Waals surface area (Å²) in [6, 6.07) is 34.4. The Morgan fingerprint density at radius 3 is 1.92 bits per heavy atom. The number of hydrogen-bond donors (Lipinski definition) is 0. The smallest absolute Gasteiger partial charge is 0.170 e. The number of ketones is 1. The molecule has 3 nitrogen and oxygen atoms in total. The molecule has 0 unspecified atom stereocenters. The highest BCUT2D eigenvalue weighted by Gasteiger charge is 2.40. The van der Waals surface area contributed by atoms with Crippen LogP contribution in [-0.4, -0.2) is 20.0 Å². The maximum Gasteiger partial charge on any atom is 0.170 e. The fourth-order valence-electron chi connectivity index (χ4n) is 5.36. The van der Waals surface area contributed by atoms with E-state index >= 15 is 0 Å². The van der Waals surface area contributed by atoms with Crippen molar-refractivity contribution < 1.29 is 14.3 Å². The van der Waals surface area contributed by atoms with Gasteiger partial charge in [0.25, 0.3) is 0 Å². The van der Waals surface area contributed by atoms with Gasteiger partial charge < -0.3 is 9.47 Å². The minimum atomic E-state index is -0.328. The van der Waals surface area contributed by atoms with Crippen molar-refractivity contribution in [1.82, 2.24) is 0 Å². The van der Waals surface area contributed by atoms with E-state index in [1.165, 1.54) is 5.56 Å². The molecule has 0 amide bonds. The highest BCUT2D eigenvalue weighted by molar-refractivity contribution is 6.02. The third-order valence-corrected chi connectivity index (χ3v) is 7.12. The Kier molecular flexibility index (Phi) is 6.99. The van der Waals surface area contributed by atoms with Crippen LogP contribution < -0.4 is 9.47 Å². The van der Waals surface area contributed by atoms with Crippen LogP contribution >= 0.6 is 0 Å². The van der Waals surface area contributed by atoms with E-state index in [1.807, 2.05) is 60.7 Å². The highest BCUT2D eigenvalue weighted by Crippen LogP contribution is 2.52. The molecular weight excluding hydrogens is 444 g/mol. The van der Waals surface area contributed by atoms with Gasteiger partial charge in [-0.3, -0.25) is 4.79 Å². The summed E-state index contributed by atoms with van der Waals surface area (Å²) >= 11 is 0. The van der Waals surface area contributed by atoms with E-state index in [0.717, 1.165) is 28.7 Å². The molecule has 4 aromatic rings. The van der Waals surface area contributed by atoms with Crippen LogP contribution in [0.15, 0.2) is 109 Å². The molecule has 0 heterocycles. The highest BCUT2D eigenvalue weighted by atomic mass is 16.5. The number of carbonyl (C=O) groups excluding carboxylic acids is 1. The monoisotopic (exact) mass is 474 g/mol. The molecule has 0 aromatic heterocycles. The average Bonchev–Trinajstić information content (AvgIpc) is 2.95. The zero-order valence-electron chi connectivity index (χ0n) is 20.6. The zero-order chi connectivity index (χ0) is 24.9. The summed E-state index contributed by atoms with van der Waals surface area (Å²) in [4.78, 5) is 14.1. The van der Waals surface area contributed by atoms with E-state index in [-0.39, 0.29) is 23.5 Å². The van der Waals surface area contributed by atoms with Crippen molar-refractivity contribution in [2.75, 3.05) is 14.2 Å². The van der Waals surface area contributed by atoms with Crippen LogP contribution in [0, 0.1) is 0 Å². The molecule has 0 saturated carbocycles. The Hall–Kier alpha value is -4.11. The van der Waals surface area contributed by atoms with E-state index in [0.29, 0.717) is 11.5 Å². The van der Waals surface area contributed by atoms with Crippen molar-refractivity contribution in [3.63, 3.8) is 0 Å². The maximum absolute atomic E-state index is 14.1. The summed E-state index contributed by atoms with van der Waals surface area (Å²) in [5, 5.41) is 0. The number of Topliss-reactive ketones (excluding diaryl/α,β-unsaturated/α-hetero) is 1. The van der Waals surface area contributed by atoms with Gasteiger partial charge in [0, 0.05) is 11.5 Å². The summed E-state index contributed by atoms with van der Waals surface area (Å²) in [6.45, 7) is 0. The van der Waals surface area contributed by atoms with E-state index in [4.69, 9.17) is 9.47 Å². The van der Waals surface area contributed by atoms with Crippen molar-refractivity contribution >= 4 is 11.9 Å². The van der Waals surface area contributed by atoms with Gasteiger partial charge >= 0.3 is 0 Å². The first-order chi connectivity index (χ1) is 17.7. The van der Waals surface area contributed by atoms with Crippen molar-refractivity contribution in [2.24, 2.45) is 0 Å². The number of rotatable bonds is 7. The van der Waals surface area contributed by atoms with Crippen molar-refractivity contribution in [1.29, 1.82) is 0 Å². The Morgan fingerprint density at radius 1 is 0.750 bits per heavy atom. The Balaban J connectivity index is 1.69. The van der Waals surface area contributed by atoms with Gasteiger partial charge in [0.2, 0.25) is 0 Å². The minimum absolute atomic E-state index is 0.0231. The minimum Gasteiger partial charge on any atom is -0.493 e. The number of fused-ring (bicyclic) bond motifs is 1. The van der Waals surface area contributed by atoms with Gasteiger partial charge in [-0.25, -0.2) is 0 Å². The maximum atomic E-state index is 14.1. The average molecular weight is 475 g/mol. The predicted octanol–water partition coefficient (Wildman–Crippen LogP) is 7.65. The molecule has 0 bridgehead atoms. The molecule has 5 rings (SSSR count). The molecule has 0 fully saturated rings. The van der Waals surface area contributed by atoms with Crippen LogP contribution in [-0.2, 0) is 0 Å². The molecule has 180 valence electrons. The first-order valence-electron chi connectivity index (χ1n) is 12.3. The zero-order valence-corrected chi connectivity index (χ0v) is 20.6. The Morgan fingerprint density at radius 2 is 1.31 bits per heavy atom. The van der Waals surface area contributed by atoms with Crippen molar-refractivity contribution in [3.05, 3.63) is 137 Å². The van der Waals surface area contributed by atoms with Crippen LogP contribution in [0.1, 0.15) is 56.8 Å². The molecule has 0 radical (unpaired) electrons. The first-order valence-corrected chi connectivity index (χ1v) is 12.3. The van der Waals surface area contributed by atoms with Gasteiger partial charge in [0.15, 0.2) is 17.3 Å². The molecule has 4 aromatic carbocycles. The third kappa shape index (κ3) is 4.70. The molecule has 0 aliphatic heterocycles. The number of allylic oxidation sites excluding steroid dienone is 1. The van der Waals surface area contributed by atoms with E-state index in [1.54, 1.807) is 14.2 Å². The van der Waals surface area contributed by atoms with Crippen LogP contribution in [0.4, 0.5) is 0 Å². The van der Waals surface area contributed by atoms with Gasteiger partial charge in [0.1, 0.15) is 0 Å². The lowest BCUT2D eigenvalue weighted by Crippen LogP contribution is -2.28. The molecule has 1 aliphatic rings. The lowest BCUT2D eigenvalue weighted by atomic mass is 9.65. The molecule has 0 N–H and O–H groups in total. The molecular formula is C33H30O3. The summed E-state index contributed by atoms with van der Waals surface area (Å²) in [7, 11) is 3.30. The second kappa shape index (κ2) is 10.7. The lowest BCUT2D eigenvalue weighted by molar-refractivity contribution is 0.0938. The van der Waals surface area contributed by atoms with Gasteiger partial charge in [-0.15, -0.1) is 0 Å². The second-order valence-corrected chi connectivity index (χ2v) is 9.17. The Labute approximate surface area is 213 Å². The van der Waals surface area contributed by atoms with Crippen LogP contribution in [0.3, 0.4) is 0 Å².